The van der Waals surface area contributed by atoms with Gasteiger partial charge in [-0.3, -0.25) is 38.9 Å². The van der Waals surface area contributed by atoms with E-state index in [1.165, 1.54) is 9.91 Å². The van der Waals surface area contributed by atoms with Gasteiger partial charge < -0.3 is 34.3 Å². The first-order valence-corrected chi connectivity index (χ1v) is 24.8. The molecular weight excluding hydrogens is 901 g/mol. The summed E-state index contributed by atoms with van der Waals surface area (Å²) in [7, 11) is 7.02. The van der Waals surface area contributed by atoms with Gasteiger partial charge in [-0.05, 0) is 131 Å². The Hall–Kier alpha value is -6.28. The number of pyridine rings is 1. The molecule has 3 N–H and O–H groups in total. The average molecular weight is 973 g/mol. The van der Waals surface area contributed by atoms with Crippen molar-refractivity contribution in [2.24, 2.45) is 17.3 Å². The van der Waals surface area contributed by atoms with Crippen molar-refractivity contribution in [3.63, 3.8) is 0 Å². The number of cyclic esters (lactones) is 1. The van der Waals surface area contributed by atoms with Gasteiger partial charge in [-0.1, -0.05) is 45.7 Å². The molecule has 4 atom stereocenters. The number of fused-ring (bicyclic) bond motifs is 6. The Balaban J connectivity index is 1.24. The van der Waals surface area contributed by atoms with Crippen molar-refractivity contribution in [1.82, 2.24) is 40.0 Å². The van der Waals surface area contributed by atoms with Gasteiger partial charge >= 0.3 is 5.97 Å². The first-order valence-electron chi connectivity index (χ1n) is 24.8. The maximum atomic E-state index is 14.8. The van der Waals surface area contributed by atoms with Crippen LogP contribution in [0, 0.1) is 29.1 Å². The van der Waals surface area contributed by atoms with Gasteiger partial charge in [0.2, 0.25) is 11.8 Å². The van der Waals surface area contributed by atoms with E-state index in [0.29, 0.717) is 56.5 Å². The lowest BCUT2D eigenvalue weighted by molar-refractivity contribution is -0.155. The van der Waals surface area contributed by atoms with E-state index in [9.17, 15) is 29.1 Å². The molecule has 16 heteroatoms. The molecule has 4 amide bonds. The summed E-state index contributed by atoms with van der Waals surface area (Å²) in [5.74, 6) is 2.71. The quantitative estimate of drug-likeness (QED) is 0.134. The second-order valence-electron chi connectivity index (χ2n) is 21.2. The number of phenols is 1. The Bertz CT molecular complexity index is 2730. The summed E-state index contributed by atoms with van der Waals surface area (Å²) >= 11 is 0. The number of esters is 1. The predicted molar refractivity (Wildman–Crippen MR) is 272 cm³/mol. The van der Waals surface area contributed by atoms with E-state index >= 15 is 0 Å². The fourth-order valence-electron chi connectivity index (χ4n) is 10.1. The van der Waals surface area contributed by atoms with Crippen LogP contribution in [-0.2, 0) is 59.4 Å². The van der Waals surface area contributed by atoms with Crippen LogP contribution in [-0.4, -0.2) is 142 Å². The molecule has 3 aliphatic heterocycles. The number of likely N-dealkylation sites (tertiary alicyclic amines) is 1. The van der Waals surface area contributed by atoms with Crippen LogP contribution >= 0.6 is 0 Å². The lowest BCUT2D eigenvalue weighted by Gasteiger charge is -2.37. The molecule has 0 radical (unpaired) electrons. The number of benzene rings is 2. The van der Waals surface area contributed by atoms with Crippen molar-refractivity contribution in [3.05, 3.63) is 71.5 Å². The van der Waals surface area contributed by atoms with E-state index in [2.05, 4.69) is 66.1 Å². The summed E-state index contributed by atoms with van der Waals surface area (Å²) < 4.78 is 14.0. The minimum absolute atomic E-state index is 0.0157. The summed E-state index contributed by atoms with van der Waals surface area (Å²) in [6.07, 6.45) is 3.64. The number of nitrogens with one attached hydrogen (secondary N) is 2. The summed E-state index contributed by atoms with van der Waals surface area (Å²) in [6, 6.07) is 12.4. The highest BCUT2D eigenvalue weighted by molar-refractivity contribution is 5.97. The molecule has 2 fully saturated rings. The molecule has 2 aromatic heterocycles. The Morgan fingerprint density at radius 2 is 1.82 bits per heavy atom. The number of likely N-dealkylation sites (N-methyl/N-ethyl adjacent to an activating group) is 1. The van der Waals surface area contributed by atoms with Gasteiger partial charge in [-0.25, -0.2) is 5.43 Å². The number of aromatic hydroxyl groups is 1. The Morgan fingerprint density at radius 1 is 1.06 bits per heavy atom. The highest BCUT2D eigenvalue weighted by Crippen LogP contribution is 2.41. The number of nitrogens with zero attached hydrogens (tertiary/aromatic N) is 6. The monoisotopic (exact) mass is 973 g/mol. The minimum atomic E-state index is -1.18. The predicted octanol–water partition coefficient (Wildman–Crippen LogP) is 5.57. The van der Waals surface area contributed by atoms with Gasteiger partial charge in [0.1, 0.15) is 23.9 Å². The van der Waals surface area contributed by atoms with Crippen LogP contribution in [0.3, 0.4) is 0 Å². The zero-order valence-electron chi connectivity index (χ0n) is 43.3. The zero-order chi connectivity index (χ0) is 51.5. The Labute approximate surface area is 418 Å². The first-order chi connectivity index (χ1) is 33.6. The number of aryl methyl sites for hydroxylation is 1. The van der Waals surface area contributed by atoms with E-state index in [0.717, 1.165) is 39.0 Å². The van der Waals surface area contributed by atoms with Gasteiger partial charge in [0.15, 0.2) is 0 Å². The molecule has 3 aliphatic rings. The van der Waals surface area contributed by atoms with E-state index in [1.807, 2.05) is 64.9 Å². The van der Waals surface area contributed by atoms with Gasteiger partial charge in [-0.15, -0.1) is 0 Å². The van der Waals surface area contributed by atoms with Crippen molar-refractivity contribution < 1.29 is 38.6 Å². The Kier molecular flexibility index (Phi) is 16.0. The average Bonchev–Trinajstić information content (AvgIpc) is 3.94. The summed E-state index contributed by atoms with van der Waals surface area (Å²) in [6.45, 7) is 15.7. The van der Waals surface area contributed by atoms with E-state index in [4.69, 9.17) is 14.5 Å². The molecule has 0 aliphatic carbocycles. The molecule has 2 saturated heterocycles. The van der Waals surface area contributed by atoms with Gasteiger partial charge in [0.05, 0.1) is 36.1 Å². The SMILES string of the molecule is CCn1c(-c2cccnc2COC)c2c3cc(ccc31)-c1cc(O)cc(c1)C[C@H](NC(=O)C(C(C)C)N(C)C(=O)[C@H]1CCN(C(=O)C#CC(C)(C)N(C)C)C1)C(=O)N1CCC[C@H](N1)C(=O)OCC(C)(C)C2. The number of amides is 4. The molecule has 7 rings (SSSR count). The highest BCUT2D eigenvalue weighted by Gasteiger charge is 2.40. The van der Waals surface area contributed by atoms with E-state index in [-0.39, 0.29) is 49.6 Å². The number of phenolic OH excluding ortho intramolecular Hbond substituents is 1. The number of carbonyl (C=O) groups excluding carboxylic acids is 5. The van der Waals surface area contributed by atoms with E-state index in [1.54, 1.807) is 37.4 Å². The molecule has 6 bridgehead atoms. The van der Waals surface area contributed by atoms with Gasteiger partial charge in [0, 0.05) is 74.8 Å². The number of methoxy groups -OCH3 is 1. The molecule has 16 nitrogen and oxygen atoms in total. The van der Waals surface area contributed by atoms with Crippen LogP contribution in [0.4, 0.5) is 0 Å². The zero-order valence-corrected chi connectivity index (χ0v) is 43.3. The number of carbonyl (C=O) groups is 5. The fourth-order valence-corrected chi connectivity index (χ4v) is 10.1. The van der Waals surface area contributed by atoms with Crippen LogP contribution in [0.15, 0.2) is 54.7 Å². The summed E-state index contributed by atoms with van der Waals surface area (Å²) in [4.78, 5) is 80.4. The largest absolute Gasteiger partial charge is 0.508 e. The second-order valence-corrected chi connectivity index (χ2v) is 21.2. The third-order valence-corrected chi connectivity index (χ3v) is 14.4. The van der Waals surface area contributed by atoms with Crippen molar-refractivity contribution in [1.29, 1.82) is 0 Å². The molecular formula is C55H72N8O8. The van der Waals surface area contributed by atoms with Crippen molar-refractivity contribution in [3.8, 4) is 40.0 Å². The molecule has 71 heavy (non-hydrogen) atoms. The molecule has 380 valence electrons. The number of ether oxygens (including phenoxy) is 2. The molecule has 0 spiro atoms. The number of rotatable bonds is 10. The maximum Gasteiger partial charge on any atom is 0.324 e. The third-order valence-electron chi connectivity index (χ3n) is 14.4. The van der Waals surface area contributed by atoms with Crippen molar-refractivity contribution >= 4 is 40.5 Å². The highest BCUT2D eigenvalue weighted by atomic mass is 16.5. The number of hydrogen-bond donors (Lipinski definition) is 3. The lowest BCUT2D eigenvalue weighted by Crippen LogP contribution is -2.62. The second kappa shape index (κ2) is 21.6. The number of aromatic nitrogens is 2. The normalized spacial score (nSPS) is 20.0. The summed E-state index contributed by atoms with van der Waals surface area (Å²) in [5, 5.41) is 16.8. The van der Waals surface area contributed by atoms with Gasteiger partial charge in [-0.2, -0.15) is 0 Å². The maximum absolute atomic E-state index is 14.8. The smallest absolute Gasteiger partial charge is 0.324 e. The molecule has 2 aromatic carbocycles. The molecule has 4 aromatic rings. The van der Waals surface area contributed by atoms with Gasteiger partial charge in [0.25, 0.3) is 11.8 Å². The minimum Gasteiger partial charge on any atom is -0.508 e. The Morgan fingerprint density at radius 3 is 2.52 bits per heavy atom. The lowest BCUT2D eigenvalue weighted by atomic mass is 9.84. The van der Waals surface area contributed by atoms with Crippen LogP contribution in [0.5, 0.6) is 5.75 Å². The van der Waals surface area contributed by atoms with Crippen molar-refractivity contribution in [2.75, 3.05) is 54.5 Å². The summed E-state index contributed by atoms with van der Waals surface area (Å²) in [5.41, 5.74) is 9.00. The van der Waals surface area contributed by atoms with Crippen LogP contribution < -0.4 is 10.7 Å². The third kappa shape index (κ3) is 11.6. The number of hydrazine groups is 1. The van der Waals surface area contributed by atoms with Crippen molar-refractivity contribution in [2.45, 2.75) is 117 Å². The first kappa shape index (κ1) is 52.5. The molecule has 0 saturated carbocycles. The van der Waals surface area contributed by atoms with Crippen LogP contribution in [0.25, 0.3) is 33.3 Å². The van der Waals surface area contributed by atoms with E-state index < -0.39 is 52.8 Å². The van der Waals surface area contributed by atoms with Crippen LogP contribution in [0.1, 0.15) is 84.5 Å². The molecule has 5 heterocycles. The standard InChI is InChI=1S/C55H72N8O8/c1-12-62-46-18-17-36-29-41(46)42(49(62)40-15-13-22-56-45(40)32-70-11)30-54(4,5)33-71-53(69)43-16-14-23-63(58-43)52(68)44(27-35-25-38(36)28-39(64)26-35)57-50(66)48(34(2)3)60(10)51(67)37-20-24-61(31-37)47(65)19-21-55(6,7)59(8)9/h13,15,17-18,22,25-26,28-29,34,37,43-44,48,58,64H,12,14,16,20,23-24,27,30-33H2,1-11H3,(H,57,66)/t37-,43-,44-,48?/m0/s1. The topological polar surface area (TPSA) is 179 Å². The molecule has 1 unspecified atom stereocenters. The fraction of sp³-hybridized carbons (Fsp3) is 0.527. The number of hydrogen-bond acceptors (Lipinski definition) is 11. The van der Waals surface area contributed by atoms with Crippen LogP contribution in [0.2, 0.25) is 0 Å².